The standard InChI is InChI=1S/C24H27N7O/c1-15-6-7-20-18(12-15)16-4-3-5-17(21(16)28-20)24(32)31-10-8-30(9-11-31)23-19-13-27-29(2)22(19)25-14-26-23/h3-5,13-15,28H,6-12H2,1-2H3. The zero-order valence-corrected chi connectivity index (χ0v) is 18.5. The maximum absolute atomic E-state index is 13.5. The number of piperazine rings is 1. The number of benzene rings is 1. The van der Waals surface area contributed by atoms with E-state index >= 15 is 0 Å². The van der Waals surface area contributed by atoms with E-state index in [-0.39, 0.29) is 5.91 Å². The molecular weight excluding hydrogens is 402 g/mol. The van der Waals surface area contributed by atoms with E-state index in [1.54, 1.807) is 11.0 Å². The third-order valence-electron chi connectivity index (χ3n) is 7.07. The lowest BCUT2D eigenvalue weighted by Gasteiger charge is -2.35. The molecule has 8 heteroatoms. The van der Waals surface area contributed by atoms with Gasteiger partial charge in [-0.1, -0.05) is 19.1 Å². The fraction of sp³-hybridized carbons (Fsp3) is 0.417. The van der Waals surface area contributed by atoms with E-state index in [0.29, 0.717) is 19.0 Å². The highest BCUT2D eigenvalue weighted by molar-refractivity contribution is 6.07. The normalized spacial score (nSPS) is 19.0. The van der Waals surface area contributed by atoms with Crippen molar-refractivity contribution in [3.8, 4) is 0 Å². The van der Waals surface area contributed by atoms with Gasteiger partial charge in [-0.2, -0.15) is 5.10 Å². The summed E-state index contributed by atoms with van der Waals surface area (Å²) in [4.78, 5) is 30.1. The Balaban J connectivity index is 1.25. The molecule has 1 aliphatic heterocycles. The number of anilines is 1. The van der Waals surface area contributed by atoms with Crippen molar-refractivity contribution in [3.63, 3.8) is 0 Å². The molecule has 1 fully saturated rings. The Kier molecular flexibility index (Phi) is 4.41. The van der Waals surface area contributed by atoms with Gasteiger partial charge in [0.1, 0.15) is 12.1 Å². The lowest BCUT2D eigenvalue weighted by atomic mass is 9.87. The number of amides is 1. The average Bonchev–Trinajstić information content (AvgIpc) is 3.39. The predicted octanol–water partition coefficient (Wildman–Crippen LogP) is 2.93. The molecule has 1 atom stereocenters. The lowest BCUT2D eigenvalue weighted by Crippen LogP contribution is -2.49. The van der Waals surface area contributed by atoms with E-state index in [2.05, 4.69) is 37.9 Å². The highest BCUT2D eigenvalue weighted by atomic mass is 16.2. The zero-order valence-electron chi connectivity index (χ0n) is 18.5. The van der Waals surface area contributed by atoms with Gasteiger partial charge >= 0.3 is 0 Å². The van der Waals surface area contributed by atoms with Crippen LogP contribution in [0.2, 0.25) is 0 Å². The Hall–Kier alpha value is -3.42. The number of H-pyrrole nitrogens is 1. The molecule has 0 bridgehead atoms. The number of aryl methyl sites for hydroxylation is 2. The highest BCUT2D eigenvalue weighted by Gasteiger charge is 2.27. The van der Waals surface area contributed by atoms with Crippen LogP contribution in [0.15, 0.2) is 30.7 Å². The molecule has 4 aromatic rings. The SMILES string of the molecule is CC1CCc2[nH]c3c(C(=O)N4CCN(c5ncnc6c5cnn6C)CC4)cccc3c2C1. The molecule has 1 amide bonds. The average molecular weight is 430 g/mol. The second-order valence-corrected chi connectivity index (χ2v) is 9.14. The molecule has 4 heterocycles. The first-order chi connectivity index (χ1) is 15.6. The van der Waals surface area contributed by atoms with Crippen LogP contribution in [0.3, 0.4) is 0 Å². The summed E-state index contributed by atoms with van der Waals surface area (Å²) in [7, 11) is 1.88. The molecule has 1 unspecified atom stereocenters. The molecule has 1 aliphatic carbocycles. The van der Waals surface area contributed by atoms with E-state index in [0.717, 1.165) is 53.9 Å². The Morgan fingerprint density at radius 1 is 1.12 bits per heavy atom. The number of hydrogen-bond donors (Lipinski definition) is 1. The molecule has 32 heavy (non-hydrogen) atoms. The van der Waals surface area contributed by atoms with Crippen LogP contribution in [0, 0.1) is 5.92 Å². The van der Waals surface area contributed by atoms with Gasteiger partial charge in [0.15, 0.2) is 5.65 Å². The summed E-state index contributed by atoms with van der Waals surface area (Å²) in [5.41, 5.74) is 5.33. The van der Waals surface area contributed by atoms with Crippen LogP contribution in [-0.2, 0) is 19.9 Å². The summed E-state index contributed by atoms with van der Waals surface area (Å²) >= 11 is 0. The molecule has 8 nitrogen and oxygen atoms in total. The number of carbonyl (C=O) groups excluding carboxylic acids is 1. The Morgan fingerprint density at radius 3 is 2.81 bits per heavy atom. The maximum Gasteiger partial charge on any atom is 0.256 e. The van der Waals surface area contributed by atoms with Crippen LogP contribution in [0.25, 0.3) is 21.9 Å². The zero-order chi connectivity index (χ0) is 21.8. The number of rotatable bonds is 2. The molecule has 164 valence electrons. The fourth-order valence-corrected chi connectivity index (χ4v) is 5.29. The van der Waals surface area contributed by atoms with Gasteiger partial charge in [0.2, 0.25) is 0 Å². The fourth-order valence-electron chi connectivity index (χ4n) is 5.29. The summed E-state index contributed by atoms with van der Waals surface area (Å²) in [6.07, 6.45) is 6.77. The number of aromatic nitrogens is 5. The second kappa shape index (κ2) is 7.32. The number of nitrogens with one attached hydrogen (secondary N) is 1. The van der Waals surface area contributed by atoms with Crippen molar-refractivity contribution in [2.45, 2.75) is 26.2 Å². The number of nitrogens with zero attached hydrogens (tertiary/aromatic N) is 6. The Labute approximate surface area is 186 Å². The van der Waals surface area contributed by atoms with Crippen LogP contribution in [-0.4, -0.2) is 61.7 Å². The van der Waals surface area contributed by atoms with Gasteiger partial charge in [0, 0.05) is 44.3 Å². The summed E-state index contributed by atoms with van der Waals surface area (Å²) in [5, 5.41) is 6.48. The Morgan fingerprint density at radius 2 is 1.97 bits per heavy atom. The molecular formula is C24H27N7O. The van der Waals surface area contributed by atoms with E-state index < -0.39 is 0 Å². The first kappa shape index (κ1) is 19.3. The van der Waals surface area contributed by atoms with Gasteiger partial charge < -0.3 is 14.8 Å². The third kappa shape index (κ3) is 2.97. The van der Waals surface area contributed by atoms with Crippen LogP contribution in [0.4, 0.5) is 5.82 Å². The number of carbonyl (C=O) groups is 1. The Bertz CT molecular complexity index is 1330. The third-order valence-corrected chi connectivity index (χ3v) is 7.07. The molecule has 0 radical (unpaired) electrons. The van der Waals surface area contributed by atoms with E-state index in [4.69, 9.17) is 0 Å². The summed E-state index contributed by atoms with van der Waals surface area (Å²) in [6, 6.07) is 6.15. The minimum atomic E-state index is 0.108. The van der Waals surface area contributed by atoms with E-state index in [1.807, 2.05) is 30.3 Å². The van der Waals surface area contributed by atoms with Gasteiger partial charge in [-0.25, -0.2) is 9.97 Å². The molecule has 0 saturated carbocycles. The second-order valence-electron chi connectivity index (χ2n) is 9.14. The van der Waals surface area contributed by atoms with E-state index in [9.17, 15) is 4.79 Å². The van der Waals surface area contributed by atoms with Crippen LogP contribution < -0.4 is 4.90 Å². The van der Waals surface area contributed by atoms with Crippen molar-refractivity contribution in [2.24, 2.45) is 13.0 Å². The van der Waals surface area contributed by atoms with Crippen LogP contribution >= 0.6 is 0 Å². The van der Waals surface area contributed by atoms with Crippen molar-refractivity contribution in [1.29, 1.82) is 0 Å². The molecule has 6 rings (SSSR count). The number of fused-ring (bicyclic) bond motifs is 4. The minimum Gasteiger partial charge on any atom is -0.358 e. The summed E-state index contributed by atoms with van der Waals surface area (Å²) in [5.74, 6) is 1.70. The molecule has 1 N–H and O–H groups in total. The van der Waals surface area contributed by atoms with Crippen molar-refractivity contribution < 1.29 is 4.79 Å². The topological polar surface area (TPSA) is 82.9 Å². The monoisotopic (exact) mass is 429 g/mol. The lowest BCUT2D eigenvalue weighted by molar-refractivity contribution is 0.0748. The van der Waals surface area contributed by atoms with Crippen molar-refractivity contribution in [2.75, 3.05) is 31.1 Å². The highest BCUT2D eigenvalue weighted by Crippen LogP contribution is 2.33. The number of hydrogen-bond acceptors (Lipinski definition) is 5. The molecule has 2 aliphatic rings. The summed E-state index contributed by atoms with van der Waals surface area (Å²) < 4.78 is 1.76. The first-order valence-electron chi connectivity index (χ1n) is 11.4. The van der Waals surface area contributed by atoms with Crippen molar-refractivity contribution >= 4 is 33.7 Å². The number of para-hydroxylation sites is 1. The predicted molar refractivity (Wildman–Crippen MR) is 124 cm³/mol. The minimum absolute atomic E-state index is 0.108. The molecule has 3 aromatic heterocycles. The maximum atomic E-state index is 13.5. The van der Waals surface area contributed by atoms with Gasteiger partial charge in [-0.3, -0.25) is 9.48 Å². The smallest absolute Gasteiger partial charge is 0.256 e. The van der Waals surface area contributed by atoms with Crippen LogP contribution in [0.1, 0.15) is 35.0 Å². The quantitative estimate of drug-likeness (QED) is 0.530. The van der Waals surface area contributed by atoms with Gasteiger partial charge in [0.05, 0.1) is 22.7 Å². The molecule has 1 aromatic carbocycles. The first-order valence-corrected chi connectivity index (χ1v) is 11.4. The van der Waals surface area contributed by atoms with Gasteiger partial charge in [-0.05, 0) is 36.8 Å². The van der Waals surface area contributed by atoms with Gasteiger partial charge in [-0.15, -0.1) is 0 Å². The molecule has 0 spiro atoms. The van der Waals surface area contributed by atoms with Crippen molar-refractivity contribution in [1.82, 2.24) is 29.6 Å². The molecule has 1 saturated heterocycles. The number of aromatic amines is 1. The van der Waals surface area contributed by atoms with E-state index in [1.165, 1.54) is 23.1 Å². The largest absolute Gasteiger partial charge is 0.358 e. The van der Waals surface area contributed by atoms with Gasteiger partial charge in [0.25, 0.3) is 5.91 Å². The summed E-state index contributed by atoms with van der Waals surface area (Å²) in [6.45, 7) is 5.12. The van der Waals surface area contributed by atoms with Crippen LogP contribution in [0.5, 0.6) is 0 Å². The van der Waals surface area contributed by atoms with Crippen molar-refractivity contribution in [3.05, 3.63) is 47.5 Å².